The first-order chi connectivity index (χ1) is 9.69. The van der Waals surface area contributed by atoms with Crippen molar-refractivity contribution in [2.24, 2.45) is 0 Å². The van der Waals surface area contributed by atoms with Gasteiger partial charge in [0.15, 0.2) is 5.82 Å². The fourth-order valence-electron chi connectivity index (χ4n) is 1.98. The normalized spacial score (nSPS) is 10.6. The topological polar surface area (TPSA) is 80.5 Å². The van der Waals surface area contributed by atoms with Crippen LogP contribution in [0.2, 0.25) is 0 Å². The minimum atomic E-state index is 0.595. The molecule has 2 aromatic rings. The second-order valence-electron chi connectivity index (χ2n) is 4.45. The Kier molecular flexibility index (Phi) is 4.49. The van der Waals surface area contributed by atoms with E-state index in [0.29, 0.717) is 6.54 Å². The van der Waals surface area contributed by atoms with Crippen LogP contribution in [0.5, 0.6) is 0 Å². The number of aromatic nitrogens is 5. The van der Waals surface area contributed by atoms with Crippen LogP contribution in [0.15, 0.2) is 6.33 Å². The van der Waals surface area contributed by atoms with E-state index in [2.05, 4.69) is 37.7 Å². The lowest BCUT2D eigenvalue weighted by Gasteiger charge is -2.13. The highest BCUT2D eigenvalue weighted by Crippen LogP contribution is 2.20. The highest BCUT2D eigenvalue weighted by molar-refractivity contribution is 5.56. The van der Waals surface area contributed by atoms with Gasteiger partial charge < -0.3 is 15.2 Å². The monoisotopic (exact) mass is 275 g/mol. The summed E-state index contributed by atoms with van der Waals surface area (Å²) in [5.41, 5.74) is 1.01. The number of anilines is 2. The molecule has 2 N–H and O–H groups in total. The molecular weight excluding hydrogens is 254 g/mol. The van der Waals surface area contributed by atoms with E-state index < -0.39 is 0 Å². The van der Waals surface area contributed by atoms with Crippen molar-refractivity contribution in [2.45, 2.75) is 40.3 Å². The van der Waals surface area contributed by atoms with Gasteiger partial charge in [-0.1, -0.05) is 6.92 Å². The first-order valence-corrected chi connectivity index (χ1v) is 6.85. The summed E-state index contributed by atoms with van der Waals surface area (Å²) >= 11 is 0. The number of rotatable bonds is 6. The molecule has 0 bridgehead atoms. The summed E-state index contributed by atoms with van der Waals surface area (Å²) in [6.07, 6.45) is 2.54. The molecule has 0 amide bonds. The summed E-state index contributed by atoms with van der Waals surface area (Å²) in [5, 5.41) is 14.5. The largest absolute Gasteiger partial charge is 0.373 e. The van der Waals surface area contributed by atoms with Crippen LogP contribution in [0.25, 0.3) is 0 Å². The van der Waals surface area contributed by atoms with Gasteiger partial charge in [0.25, 0.3) is 0 Å². The highest BCUT2D eigenvalue weighted by atomic mass is 15.3. The van der Waals surface area contributed by atoms with Crippen LogP contribution in [0.3, 0.4) is 0 Å². The van der Waals surface area contributed by atoms with Gasteiger partial charge in [0, 0.05) is 25.6 Å². The van der Waals surface area contributed by atoms with Crippen LogP contribution in [0, 0.1) is 6.92 Å². The molecule has 0 aliphatic carbocycles. The van der Waals surface area contributed by atoms with Gasteiger partial charge in [-0.2, -0.15) is 0 Å². The Morgan fingerprint density at radius 1 is 1.20 bits per heavy atom. The predicted octanol–water partition coefficient (Wildman–Crippen LogP) is 1.61. The summed E-state index contributed by atoms with van der Waals surface area (Å²) in [6.45, 7) is 7.56. The molecule has 2 heterocycles. The lowest BCUT2D eigenvalue weighted by molar-refractivity contribution is 0.706. The minimum absolute atomic E-state index is 0.595. The summed E-state index contributed by atoms with van der Waals surface area (Å²) in [5.74, 6) is 3.41. The second kappa shape index (κ2) is 6.31. The maximum Gasteiger partial charge on any atom is 0.152 e. The fourth-order valence-corrected chi connectivity index (χ4v) is 1.98. The van der Waals surface area contributed by atoms with E-state index in [0.717, 1.165) is 41.8 Å². The van der Waals surface area contributed by atoms with Crippen LogP contribution in [-0.4, -0.2) is 31.8 Å². The van der Waals surface area contributed by atoms with Crippen LogP contribution < -0.4 is 10.6 Å². The Hall–Kier alpha value is -2.18. The van der Waals surface area contributed by atoms with Crippen LogP contribution in [0.4, 0.5) is 11.6 Å². The molecule has 0 aliphatic heterocycles. The zero-order chi connectivity index (χ0) is 14.5. The molecule has 20 heavy (non-hydrogen) atoms. The maximum absolute atomic E-state index is 4.53. The van der Waals surface area contributed by atoms with Gasteiger partial charge in [-0.05, 0) is 13.8 Å². The number of hydrogen-bond donors (Lipinski definition) is 2. The van der Waals surface area contributed by atoms with Gasteiger partial charge in [0.05, 0.1) is 6.54 Å². The van der Waals surface area contributed by atoms with Crippen LogP contribution >= 0.6 is 0 Å². The van der Waals surface area contributed by atoms with Crippen molar-refractivity contribution in [2.75, 3.05) is 17.7 Å². The number of nitrogens with one attached hydrogen (secondary N) is 2. The van der Waals surface area contributed by atoms with Gasteiger partial charge in [0.1, 0.15) is 23.8 Å². The van der Waals surface area contributed by atoms with E-state index in [4.69, 9.17) is 0 Å². The van der Waals surface area contributed by atoms with Gasteiger partial charge in [-0.15, -0.1) is 10.2 Å². The molecule has 0 unspecified atom stereocenters. The van der Waals surface area contributed by atoms with Crippen LogP contribution in [0.1, 0.15) is 31.1 Å². The molecule has 0 aliphatic rings. The zero-order valence-corrected chi connectivity index (χ0v) is 12.4. The molecular formula is C13H21N7. The Bertz CT molecular complexity index is 576. The molecule has 7 heteroatoms. The highest BCUT2D eigenvalue weighted by Gasteiger charge is 2.10. The zero-order valence-electron chi connectivity index (χ0n) is 12.4. The van der Waals surface area contributed by atoms with Gasteiger partial charge in [-0.3, -0.25) is 0 Å². The third kappa shape index (κ3) is 2.87. The molecule has 0 saturated carbocycles. The molecule has 108 valence electrons. The average molecular weight is 275 g/mol. The predicted molar refractivity (Wildman–Crippen MR) is 78.7 cm³/mol. The first-order valence-electron chi connectivity index (χ1n) is 6.85. The van der Waals surface area contributed by atoms with Crippen molar-refractivity contribution in [3.63, 3.8) is 0 Å². The Morgan fingerprint density at radius 2 is 1.95 bits per heavy atom. The van der Waals surface area contributed by atoms with Crippen molar-refractivity contribution in [3.8, 4) is 0 Å². The van der Waals surface area contributed by atoms with Gasteiger partial charge >= 0.3 is 0 Å². The molecule has 0 saturated heterocycles. The van der Waals surface area contributed by atoms with Crippen molar-refractivity contribution in [1.82, 2.24) is 24.7 Å². The van der Waals surface area contributed by atoms with Crippen LogP contribution in [-0.2, 0) is 19.5 Å². The summed E-state index contributed by atoms with van der Waals surface area (Å²) in [6, 6.07) is 0. The first kappa shape index (κ1) is 14.2. The standard InChI is InChI=1S/C13H21N7/c1-5-10-17-12(14-4)9(3)13(18-10)15-7-11-19-16-8-20(11)6-2/h8H,5-7H2,1-4H3,(H2,14,15,17,18). The van der Waals surface area contributed by atoms with Gasteiger partial charge in [0.2, 0.25) is 0 Å². The Morgan fingerprint density at radius 3 is 2.60 bits per heavy atom. The lowest BCUT2D eigenvalue weighted by Crippen LogP contribution is -2.12. The van der Waals surface area contributed by atoms with Crippen molar-refractivity contribution < 1.29 is 0 Å². The van der Waals surface area contributed by atoms with E-state index in [9.17, 15) is 0 Å². The van der Waals surface area contributed by atoms with E-state index in [1.54, 1.807) is 6.33 Å². The van der Waals surface area contributed by atoms with Gasteiger partial charge in [-0.25, -0.2) is 9.97 Å². The molecule has 0 radical (unpaired) electrons. The molecule has 7 nitrogen and oxygen atoms in total. The molecule has 0 atom stereocenters. The number of aryl methyl sites for hydroxylation is 2. The van der Waals surface area contributed by atoms with E-state index in [-0.39, 0.29) is 0 Å². The molecule has 2 aromatic heterocycles. The molecule has 0 aromatic carbocycles. The Labute approximate surface area is 118 Å². The SMILES string of the molecule is CCc1nc(NC)c(C)c(NCc2nncn2CC)n1. The summed E-state index contributed by atoms with van der Waals surface area (Å²) in [7, 11) is 1.87. The molecule has 2 rings (SSSR count). The average Bonchev–Trinajstić information content (AvgIpc) is 2.93. The molecule has 0 spiro atoms. The summed E-state index contributed by atoms with van der Waals surface area (Å²) in [4.78, 5) is 8.99. The van der Waals surface area contributed by atoms with E-state index >= 15 is 0 Å². The minimum Gasteiger partial charge on any atom is -0.373 e. The fraction of sp³-hybridized carbons (Fsp3) is 0.538. The second-order valence-corrected chi connectivity index (χ2v) is 4.45. The smallest absolute Gasteiger partial charge is 0.152 e. The number of hydrogen-bond acceptors (Lipinski definition) is 6. The quantitative estimate of drug-likeness (QED) is 0.833. The Balaban J connectivity index is 2.20. The van der Waals surface area contributed by atoms with E-state index in [1.165, 1.54) is 0 Å². The van der Waals surface area contributed by atoms with Crippen molar-refractivity contribution in [3.05, 3.63) is 23.5 Å². The summed E-state index contributed by atoms with van der Waals surface area (Å²) < 4.78 is 2.00. The third-order valence-electron chi connectivity index (χ3n) is 3.20. The van der Waals surface area contributed by atoms with E-state index in [1.807, 2.05) is 25.5 Å². The lowest BCUT2D eigenvalue weighted by atomic mass is 10.3. The number of nitrogens with zero attached hydrogens (tertiary/aromatic N) is 5. The van der Waals surface area contributed by atoms with Crippen molar-refractivity contribution >= 4 is 11.6 Å². The molecule has 0 fully saturated rings. The maximum atomic E-state index is 4.53. The van der Waals surface area contributed by atoms with Crippen molar-refractivity contribution in [1.29, 1.82) is 0 Å². The third-order valence-corrected chi connectivity index (χ3v) is 3.20.